The zero-order valence-electron chi connectivity index (χ0n) is 17.3. The maximum absolute atomic E-state index is 13.3. The van der Waals surface area contributed by atoms with Crippen molar-refractivity contribution in [1.82, 2.24) is 4.90 Å². The molecule has 3 N–H and O–H groups in total. The third-order valence-electron chi connectivity index (χ3n) is 5.79. The summed E-state index contributed by atoms with van der Waals surface area (Å²) in [5.74, 6) is -0.194. The zero-order chi connectivity index (χ0) is 22.3. The number of aromatic hydroxyl groups is 2. The predicted molar refractivity (Wildman–Crippen MR) is 117 cm³/mol. The number of nitrogens with zero attached hydrogens (tertiary/aromatic N) is 1. The van der Waals surface area contributed by atoms with Gasteiger partial charge in [-0.25, -0.2) is 0 Å². The van der Waals surface area contributed by atoms with Gasteiger partial charge in [0.05, 0.1) is 11.7 Å². The fourth-order valence-corrected chi connectivity index (χ4v) is 4.34. The first kappa shape index (κ1) is 21.5. The van der Waals surface area contributed by atoms with Crippen molar-refractivity contribution < 1.29 is 24.5 Å². The van der Waals surface area contributed by atoms with E-state index in [9.17, 15) is 20.1 Å². The van der Waals surface area contributed by atoms with Gasteiger partial charge in [-0.1, -0.05) is 17.7 Å². The Hall–Kier alpha value is -2.74. The summed E-state index contributed by atoms with van der Waals surface area (Å²) in [6.45, 7) is 2.71. The number of β-amino-alcohol motifs (C(OH)–C–C–N with tert-alkyl or cyclic N) is 1. The molecule has 0 spiro atoms. The van der Waals surface area contributed by atoms with Gasteiger partial charge in [0.25, 0.3) is 0 Å². The van der Waals surface area contributed by atoms with Crippen LogP contribution in [0.3, 0.4) is 0 Å². The van der Waals surface area contributed by atoms with Crippen molar-refractivity contribution in [3.05, 3.63) is 62.5 Å². The Balaban J connectivity index is 1.79. The minimum absolute atomic E-state index is 0.0331. The Bertz CT molecular complexity index is 1190. The molecule has 31 heavy (non-hydrogen) atoms. The SMILES string of the molecule is Cc1oc2c(C3CCN(C)CC3O)c(O)cc(O)c2c(=O)c1COc1cccc(Cl)c1. The van der Waals surface area contributed by atoms with Crippen LogP contribution in [0.2, 0.25) is 5.02 Å². The highest BCUT2D eigenvalue weighted by atomic mass is 35.5. The van der Waals surface area contributed by atoms with Gasteiger partial charge < -0.3 is 29.4 Å². The van der Waals surface area contributed by atoms with Crippen LogP contribution in [0.25, 0.3) is 11.0 Å². The molecule has 1 aromatic heterocycles. The number of phenolic OH excluding ortho intramolecular Hbond substituents is 2. The average Bonchev–Trinajstić information content (AvgIpc) is 2.68. The van der Waals surface area contributed by atoms with E-state index < -0.39 is 17.5 Å². The van der Waals surface area contributed by atoms with Gasteiger partial charge in [0, 0.05) is 29.1 Å². The van der Waals surface area contributed by atoms with Crippen LogP contribution in [-0.4, -0.2) is 46.5 Å². The number of fused-ring (bicyclic) bond motifs is 1. The fraction of sp³-hybridized carbons (Fsp3) is 0.348. The highest BCUT2D eigenvalue weighted by molar-refractivity contribution is 6.30. The Labute approximate surface area is 184 Å². The number of piperidine rings is 1. The van der Waals surface area contributed by atoms with Gasteiger partial charge in [0.15, 0.2) is 0 Å². The van der Waals surface area contributed by atoms with Crippen LogP contribution in [-0.2, 0) is 6.61 Å². The number of rotatable bonds is 4. The monoisotopic (exact) mass is 445 g/mol. The number of likely N-dealkylation sites (tertiary alicyclic amines) is 1. The number of benzene rings is 2. The lowest BCUT2D eigenvalue weighted by Crippen LogP contribution is -2.40. The predicted octanol–water partition coefficient (Wildman–Crippen LogP) is 3.53. The summed E-state index contributed by atoms with van der Waals surface area (Å²) in [6.07, 6.45) is -0.165. The molecule has 4 rings (SSSR count). The molecule has 2 unspecified atom stereocenters. The molecule has 0 saturated carbocycles. The number of ether oxygens (including phenoxy) is 1. The molecule has 1 aliphatic heterocycles. The molecule has 7 nitrogen and oxygen atoms in total. The van der Waals surface area contributed by atoms with E-state index in [1.54, 1.807) is 31.2 Å². The van der Waals surface area contributed by atoms with Crippen LogP contribution >= 0.6 is 11.6 Å². The maximum atomic E-state index is 13.3. The molecule has 0 aliphatic carbocycles. The van der Waals surface area contributed by atoms with Crippen molar-refractivity contribution in [3.63, 3.8) is 0 Å². The second-order valence-electron chi connectivity index (χ2n) is 7.97. The van der Waals surface area contributed by atoms with Gasteiger partial charge >= 0.3 is 0 Å². The highest BCUT2D eigenvalue weighted by Crippen LogP contribution is 2.42. The van der Waals surface area contributed by atoms with Crippen molar-refractivity contribution in [2.24, 2.45) is 0 Å². The molecular formula is C23H24ClNO6. The first-order chi connectivity index (χ1) is 14.8. The van der Waals surface area contributed by atoms with Crippen LogP contribution in [0.5, 0.6) is 17.2 Å². The molecule has 1 saturated heterocycles. The number of phenols is 2. The van der Waals surface area contributed by atoms with Gasteiger partial charge in [0.1, 0.15) is 40.6 Å². The fourth-order valence-electron chi connectivity index (χ4n) is 4.16. The Morgan fingerprint density at radius 1 is 1.26 bits per heavy atom. The van der Waals surface area contributed by atoms with E-state index in [-0.39, 0.29) is 34.6 Å². The van der Waals surface area contributed by atoms with Crippen LogP contribution in [0, 0.1) is 6.92 Å². The molecule has 3 aromatic rings. The second-order valence-corrected chi connectivity index (χ2v) is 8.41. The highest BCUT2D eigenvalue weighted by Gasteiger charge is 2.33. The van der Waals surface area contributed by atoms with Gasteiger partial charge in [-0.05, 0) is 45.1 Å². The largest absolute Gasteiger partial charge is 0.507 e. The molecule has 8 heteroatoms. The summed E-state index contributed by atoms with van der Waals surface area (Å²) in [5.41, 5.74) is 0.251. The van der Waals surface area contributed by atoms with Crippen molar-refractivity contribution >= 4 is 22.6 Å². The van der Waals surface area contributed by atoms with Gasteiger partial charge in [-0.15, -0.1) is 0 Å². The number of hydrogen-bond acceptors (Lipinski definition) is 7. The number of likely N-dealkylation sites (N-methyl/N-ethyl adjacent to an activating group) is 1. The summed E-state index contributed by atoms with van der Waals surface area (Å²) in [4.78, 5) is 15.3. The molecule has 2 atom stereocenters. The van der Waals surface area contributed by atoms with E-state index in [0.29, 0.717) is 35.1 Å². The van der Waals surface area contributed by atoms with Crippen LogP contribution < -0.4 is 10.2 Å². The summed E-state index contributed by atoms with van der Waals surface area (Å²) < 4.78 is 11.7. The Kier molecular flexibility index (Phi) is 5.83. The quantitative estimate of drug-likeness (QED) is 0.564. The minimum Gasteiger partial charge on any atom is -0.507 e. The topological polar surface area (TPSA) is 103 Å². The number of aliphatic hydroxyl groups excluding tert-OH is 1. The second kappa shape index (κ2) is 8.42. The number of aryl methyl sites for hydroxylation is 1. The summed E-state index contributed by atoms with van der Waals surface area (Å²) >= 11 is 5.97. The van der Waals surface area contributed by atoms with Crippen molar-refractivity contribution in [2.75, 3.05) is 20.1 Å². The van der Waals surface area contributed by atoms with Gasteiger partial charge in [-0.3, -0.25) is 4.79 Å². The van der Waals surface area contributed by atoms with E-state index in [1.165, 1.54) is 0 Å². The van der Waals surface area contributed by atoms with Gasteiger partial charge in [-0.2, -0.15) is 0 Å². The summed E-state index contributed by atoms with van der Waals surface area (Å²) in [6, 6.07) is 7.94. The molecule has 2 heterocycles. The lowest BCUT2D eigenvalue weighted by Gasteiger charge is -2.34. The smallest absolute Gasteiger partial charge is 0.203 e. The third kappa shape index (κ3) is 4.08. The van der Waals surface area contributed by atoms with Crippen LogP contribution in [0.15, 0.2) is 39.5 Å². The van der Waals surface area contributed by atoms with E-state index in [2.05, 4.69) is 0 Å². The first-order valence-corrected chi connectivity index (χ1v) is 10.4. The molecule has 0 radical (unpaired) electrons. The van der Waals surface area contributed by atoms with E-state index in [4.69, 9.17) is 20.8 Å². The Morgan fingerprint density at radius 2 is 2.03 bits per heavy atom. The van der Waals surface area contributed by atoms with Crippen LogP contribution in [0.4, 0.5) is 0 Å². The zero-order valence-corrected chi connectivity index (χ0v) is 18.0. The normalized spacial score (nSPS) is 19.6. The molecule has 0 amide bonds. The molecule has 164 valence electrons. The Morgan fingerprint density at radius 3 is 2.74 bits per heavy atom. The van der Waals surface area contributed by atoms with Crippen molar-refractivity contribution in [1.29, 1.82) is 0 Å². The van der Waals surface area contributed by atoms with E-state index in [1.807, 2.05) is 11.9 Å². The standard InChI is InChI=1S/C23H24ClNO6/c1-12-16(11-30-14-5-3-4-13(24)8-14)22(29)21-18(27)9-17(26)20(23(21)31-12)15-6-7-25(2)10-19(15)28/h3-5,8-9,15,19,26-28H,6-7,10-11H2,1-2H3. The number of aliphatic hydroxyl groups is 1. The van der Waals surface area contributed by atoms with Gasteiger partial charge in [0.2, 0.25) is 5.43 Å². The third-order valence-corrected chi connectivity index (χ3v) is 6.03. The lowest BCUT2D eigenvalue weighted by molar-refractivity contribution is 0.0630. The molecule has 2 aromatic carbocycles. The summed E-state index contributed by atoms with van der Waals surface area (Å²) in [5, 5.41) is 32.1. The molecule has 1 fully saturated rings. The molecule has 1 aliphatic rings. The van der Waals surface area contributed by atoms with E-state index >= 15 is 0 Å². The van der Waals surface area contributed by atoms with E-state index in [0.717, 1.165) is 12.6 Å². The average molecular weight is 446 g/mol. The summed E-state index contributed by atoms with van der Waals surface area (Å²) in [7, 11) is 1.91. The van der Waals surface area contributed by atoms with Crippen molar-refractivity contribution in [2.45, 2.75) is 32.0 Å². The molecule has 0 bridgehead atoms. The number of halogens is 1. The van der Waals surface area contributed by atoms with Crippen molar-refractivity contribution in [3.8, 4) is 17.2 Å². The number of hydrogen-bond donors (Lipinski definition) is 3. The minimum atomic E-state index is -0.742. The van der Waals surface area contributed by atoms with Crippen LogP contribution in [0.1, 0.15) is 29.2 Å². The molecular weight excluding hydrogens is 422 g/mol. The first-order valence-electron chi connectivity index (χ1n) is 10.0. The lowest BCUT2D eigenvalue weighted by atomic mass is 9.85. The maximum Gasteiger partial charge on any atom is 0.203 e.